The molecule has 1 N–H and O–H groups in total. The maximum absolute atomic E-state index is 13.2. The molecular weight excluding hydrogens is 343 g/mol. The number of aryl methyl sites for hydroxylation is 1. The van der Waals surface area contributed by atoms with Crippen LogP contribution in [0.15, 0.2) is 60.9 Å². The van der Waals surface area contributed by atoms with Gasteiger partial charge in [-0.1, -0.05) is 24.3 Å². The summed E-state index contributed by atoms with van der Waals surface area (Å²) in [7, 11) is 3.66. The first-order valence-corrected chi connectivity index (χ1v) is 8.74. The second-order valence-corrected chi connectivity index (χ2v) is 6.65. The number of rotatable bonds is 6. The van der Waals surface area contributed by atoms with Crippen LogP contribution < -0.4 is 5.32 Å². The van der Waals surface area contributed by atoms with Crippen molar-refractivity contribution in [2.45, 2.75) is 19.5 Å². The average Bonchev–Trinajstić information content (AvgIpc) is 3.08. The third-order valence-corrected chi connectivity index (χ3v) is 4.46. The van der Waals surface area contributed by atoms with E-state index in [-0.39, 0.29) is 11.7 Å². The number of halogens is 1. The van der Waals surface area contributed by atoms with Gasteiger partial charge < -0.3 is 9.88 Å². The smallest absolute Gasteiger partial charge is 0.242 e. The van der Waals surface area contributed by atoms with Crippen LogP contribution in [0.2, 0.25) is 0 Å². The molecule has 0 saturated carbocycles. The lowest BCUT2D eigenvalue weighted by atomic mass is 10.0. The van der Waals surface area contributed by atoms with E-state index in [1.807, 2.05) is 60.9 Å². The summed E-state index contributed by atoms with van der Waals surface area (Å²) >= 11 is 0. The first kappa shape index (κ1) is 18.8. The summed E-state index contributed by atoms with van der Waals surface area (Å²) in [6, 6.07) is 13.5. The zero-order valence-electron chi connectivity index (χ0n) is 15.7. The van der Waals surface area contributed by atoms with E-state index in [2.05, 4.69) is 10.3 Å². The highest BCUT2D eigenvalue weighted by Crippen LogP contribution is 2.19. The highest BCUT2D eigenvalue weighted by molar-refractivity contribution is 5.83. The number of hydrogen-bond donors (Lipinski definition) is 1. The van der Waals surface area contributed by atoms with Gasteiger partial charge in [0, 0.05) is 24.6 Å². The van der Waals surface area contributed by atoms with Crippen LogP contribution >= 0.6 is 0 Å². The van der Waals surface area contributed by atoms with Crippen molar-refractivity contribution in [2.24, 2.45) is 0 Å². The van der Waals surface area contributed by atoms with Gasteiger partial charge in [-0.3, -0.25) is 9.69 Å². The molecule has 0 saturated heterocycles. The number of amides is 1. The molecule has 5 nitrogen and oxygen atoms in total. The molecule has 6 heteroatoms. The van der Waals surface area contributed by atoms with Crippen molar-refractivity contribution >= 4 is 5.91 Å². The molecule has 2 aromatic carbocycles. The van der Waals surface area contributed by atoms with E-state index in [0.717, 1.165) is 22.6 Å². The molecule has 140 valence electrons. The molecule has 1 unspecified atom stereocenters. The van der Waals surface area contributed by atoms with E-state index in [9.17, 15) is 9.18 Å². The zero-order chi connectivity index (χ0) is 19.4. The van der Waals surface area contributed by atoms with Crippen LogP contribution in [0.5, 0.6) is 0 Å². The van der Waals surface area contributed by atoms with Crippen molar-refractivity contribution in [1.82, 2.24) is 19.8 Å². The molecular formula is C21H23FN4O. The Morgan fingerprint density at radius 2 is 1.81 bits per heavy atom. The van der Waals surface area contributed by atoms with Gasteiger partial charge in [0.05, 0.1) is 0 Å². The Hall–Kier alpha value is -2.99. The molecule has 0 bridgehead atoms. The first-order chi connectivity index (χ1) is 13.0. The minimum atomic E-state index is -0.474. The molecule has 1 atom stereocenters. The number of nitrogens with one attached hydrogen (secondary N) is 1. The number of carbonyl (C=O) groups is 1. The van der Waals surface area contributed by atoms with Crippen LogP contribution in [-0.2, 0) is 11.3 Å². The van der Waals surface area contributed by atoms with Gasteiger partial charge in [0.25, 0.3) is 0 Å². The lowest BCUT2D eigenvalue weighted by Gasteiger charge is -2.24. The number of nitrogens with zero attached hydrogens (tertiary/aromatic N) is 3. The summed E-state index contributed by atoms with van der Waals surface area (Å²) in [5.41, 5.74) is 2.78. The van der Waals surface area contributed by atoms with Crippen LogP contribution in [0, 0.1) is 12.7 Å². The van der Waals surface area contributed by atoms with Crippen molar-refractivity contribution in [3.8, 4) is 5.69 Å². The predicted octanol–water partition coefficient (Wildman–Crippen LogP) is 3.24. The summed E-state index contributed by atoms with van der Waals surface area (Å²) in [4.78, 5) is 18.7. The third kappa shape index (κ3) is 4.41. The molecule has 0 spiro atoms. The quantitative estimate of drug-likeness (QED) is 0.729. The Morgan fingerprint density at radius 3 is 2.37 bits per heavy atom. The first-order valence-electron chi connectivity index (χ1n) is 8.74. The number of likely N-dealkylation sites (N-methyl/N-ethyl adjacent to an activating group) is 1. The summed E-state index contributed by atoms with van der Waals surface area (Å²) in [5, 5.41) is 2.97. The van der Waals surface area contributed by atoms with Crippen molar-refractivity contribution in [1.29, 1.82) is 0 Å². The highest BCUT2D eigenvalue weighted by atomic mass is 19.1. The fraction of sp³-hybridized carbons (Fsp3) is 0.238. The SMILES string of the molecule is Cc1nccn1-c1ccc(CNC(=O)C(c2ccc(F)cc2)N(C)C)cc1. The monoisotopic (exact) mass is 366 g/mol. The Morgan fingerprint density at radius 1 is 1.15 bits per heavy atom. The normalized spacial score (nSPS) is 12.2. The van der Waals surface area contributed by atoms with E-state index in [1.165, 1.54) is 12.1 Å². The largest absolute Gasteiger partial charge is 0.350 e. The topological polar surface area (TPSA) is 50.2 Å². The highest BCUT2D eigenvalue weighted by Gasteiger charge is 2.22. The van der Waals surface area contributed by atoms with Crippen molar-refractivity contribution in [3.05, 3.63) is 83.7 Å². The fourth-order valence-electron chi connectivity index (χ4n) is 3.04. The fourth-order valence-corrected chi connectivity index (χ4v) is 3.04. The molecule has 3 aromatic rings. The van der Waals surface area contributed by atoms with Gasteiger partial charge in [-0.25, -0.2) is 9.37 Å². The number of carbonyl (C=O) groups excluding carboxylic acids is 1. The number of benzene rings is 2. The van der Waals surface area contributed by atoms with Crippen LogP contribution in [0.4, 0.5) is 4.39 Å². The van der Waals surface area contributed by atoms with Crippen molar-refractivity contribution in [2.75, 3.05) is 14.1 Å². The molecule has 1 amide bonds. The van der Waals surface area contributed by atoms with Crippen molar-refractivity contribution < 1.29 is 9.18 Å². The van der Waals surface area contributed by atoms with Gasteiger partial charge >= 0.3 is 0 Å². The number of aromatic nitrogens is 2. The van der Waals surface area contributed by atoms with Crippen LogP contribution in [-0.4, -0.2) is 34.5 Å². The van der Waals surface area contributed by atoms with Crippen LogP contribution in [0.25, 0.3) is 5.69 Å². The van der Waals surface area contributed by atoms with E-state index in [1.54, 1.807) is 18.3 Å². The molecule has 1 aromatic heterocycles. The number of hydrogen-bond acceptors (Lipinski definition) is 3. The molecule has 27 heavy (non-hydrogen) atoms. The van der Waals surface area contributed by atoms with Gasteiger partial charge in [-0.15, -0.1) is 0 Å². The molecule has 0 radical (unpaired) electrons. The third-order valence-electron chi connectivity index (χ3n) is 4.46. The van der Waals surface area contributed by atoms with Gasteiger partial charge in [-0.05, 0) is 56.4 Å². The van der Waals surface area contributed by atoms with E-state index < -0.39 is 6.04 Å². The van der Waals surface area contributed by atoms with Gasteiger partial charge in [0.2, 0.25) is 5.91 Å². The molecule has 0 aliphatic heterocycles. The Kier molecular flexibility index (Phi) is 5.66. The minimum absolute atomic E-state index is 0.124. The summed E-state index contributed by atoms with van der Waals surface area (Å²) in [6.45, 7) is 2.37. The average molecular weight is 366 g/mol. The van der Waals surface area contributed by atoms with E-state index in [0.29, 0.717) is 6.54 Å². The van der Waals surface area contributed by atoms with Crippen LogP contribution in [0.3, 0.4) is 0 Å². The molecule has 3 rings (SSSR count). The second-order valence-electron chi connectivity index (χ2n) is 6.65. The standard InChI is InChI=1S/C21H23FN4O/c1-15-23-12-13-26(15)19-10-4-16(5-11-19)14-24-21(27)20(25(2)3)17-6-8-18(22)9-7-17/h4-13,20H,14H2,1-3H3,(H,24,27). The predicted molar refractivity (Wildman–Crippen MR) is 103 cm³/mol. The maximum Gasteiger partial charge on any atom is 0.242 e. The summed E-state index contributed by atoms with van der Waals surface area (Å²) in [5.74, 6) is 0.482. The molecule has 0 aliphatic rings. The number of imidazole rings is 1. The molecule has 1 heterocycles. The van der Waals surface area contributed by atoms with Gasteiger partial charge in [0.15, 0.2) is 0 Å². The van der Waals surface area contributed by atoms with Crippen LogP contribution in [0.1, 0.15) is 23.0 Å². The minimum Gasteiger partial charge on any atom is -0.350 e. The maximum atomic E-state index is 13.2. The Bertz CT molecular complexity index is 901. The van der Waals surface area contributed by atoms with E-state index in [4.69, 9.17) is 0 Å². The van der Waals surface area contributed by atoms with Gasteiger partial charge in [-0.2, -0.15) is 0 Å². The summed E-state index contributed by atoms with van der Waals surface area (Å²) in [6.07, 6.45) is 3.68. The lowest BCUT2D eigenvalue weighted by molar-refractivity contribution is -0.125. The zero-order valence-corrected chi connectivity index (χ0v) is 15.7. The van der Waals surface area contributed by atoms with Crippen molar-refractivity contribution in [3.63, 3.8) is 0 Å². The lowest BCUT2D eigenvalue weighted by Crippen LogP contribution is -2.36. The molecule has 0 fully saturated rings. The second kappa shape index (κ2) is 8.14. The Balaban J connectivity index is 1.67. The Labute approximate surface area is 158 Å². The van der Waals surface area contributed by atoms with Gasteiger partial charge in [0.1, 0.15) is 17.7 Å². The molecule has 0 aliphatic carbocycles. The summed E-state index contributed by atoms with van der Waals surface area (Å²) < 4.78 is 15.2. The van der Waals surface area contributed by atoms with E-state index >= 15 is 0 Å².